The zero-order valence-electron chi connectivity index (χ0n) is 15.9. The van der Waals surface area contributed by atoms with Gasteiger partial charge >= 0.3 is 12.4 Å². The largest absolute Gasteiger partial charge is 0.420 e. The lowest BCUT2D eigenvalue weighted by molar-refractivity contribution is -0.297. The van der Waals surface area contributed by atoms with Crippen LogP contribution in [0.2, 0.25) is 5.15 Å². The fraction of sp³-hybridized carbons (Fsp3) is 0.222. The number of halogens is 9. The molecule has 6 nitrogen and oxygen atoms in total. The van der Waals surface area contributed by atoms with Crippen molar-refractivity contribution in [3.05, 3.63) is 63.2 Å². The number of rotatable bonds is 3. The zero-order chi connectivity index (χ0) is 24.9. The van der Waals surface area contributed by atoms with Gasteiger partial charge in [0.2, 0.25) is 11.0 Å². The van der Waals surface area contributed by atoms with Gasteiger partial charge in [0, 0.05) is 12.3 Å². The summed E-state index contributed by atoms with van der Waals surface area (Å²) in [5.74, 6) is -5.29. The maximum atomic E-state index is 14.3. The maximum absolute atomic E-state index is 14.3. The molecule has 3 aromatic heterocycles. The van der Waals surface area contributed by atoms with Crippen LogP contribution in [0.1, 0.15) is 17.3 Å². The highest BCUT2D eigenvalue weighted by atomic mass is 35.5. The summed E-state index contributed by atoms with van der Waals surface area (Å²) in [6.07, 6.45) is -11.0. The molecule has 3 rings (SSSR count). The minimum atomic E-state index is -5.99. The van der Waals surface area contributed by atoms with Crippen LogP contribution in [-0.2, 0) is 0 Å². The first-order valence-electron chi connectivity index (χ1n) is 8.56. The van der Waals surface area contributed by atoms with Crippen LogP contribution in [0.3, 0.4) is 0 Å². The summed E-state index contributed by atoms with van der Waals surface area (Å²) >= 11 is 5.76. The summed E-state index contributed by atoms with van der Waals surface area (Å²) in [6.45, 7) is -0.326. The monoisotopic (exact) mass is 500 g/mol. The molecule has 0 saturated carbocycles. The average Bonchev–Trinajstić information content (AvgIpc) is 2.67. The Hall–Kier alpha value is -3.29. The molecule has 0 aromatic carbocycles. The summed E-state index contributed by atoms with van der Waals surface area (Å²) in [6, 6.07) is 2.37. The van der Waals surface area contributed by atoms with E-state index in [1.54, 1.807) is 0 Å². The molecule has 0 fully saturated rings. The predicted molar refractivity (Wildman–Crippen MR) is 98.0 cm³/mol. The van der Waals surface area contributed by atoms with Crippen molar-refractivity contribution in [3.8, 4) is 5.82 Å². The molecular formula is C18H9ClF8N4O2. The molecule has 176 valence electrons. The number of nitrogens with zero attached hydrogens (tertiary/aromatic N) is 3. The number of carbonyl (C=O) groups excluding carboxylic acids is 1. The molecular weight excluding hydrogens is 492 g/mol. The third-order valence-electron chi connectivity index (χ3n) is 4.58. The number of amides is 1. The lowest BCUT2D eigenvalue weighted by Gasteiger charge is -2.34. The third-order valence-corrected chi connectivity index (χ3v) is 4.79. The molecule has 3 aromatic rings. The Morgan fingerprint density at radius 1 is 1.09 bits per heavy atom. The van der Waals surface area contributed by atoms with Crippen LogP contribution in [0, 0.1) is 11.6 Å². The van der Waals surface area contributed by atoms with Crippen LogP contribution in [0.4, 0.5) is 35.1 Å². The summed E-state index contributed by atoms with van der Waals surface area (Å²) in [4.78, 5) is 32.4. The molecule has 33 heavy (non-hydrogen) atoms. The van der Waals surface area contributed by atoms with Gasteiger partial charge in [-0.3, -0.25) is 14.2 Å². The Morgan fingerprint density at radius 3 is 2.24 bits per heavy atom. The van der Waals surface area contributed by atoms with Gasteiger partial charge in [0.05, 0.1) is 11.6 Å². The van der Waals surface area contributed by atoms with E-state index in [9.17, 15) is 44.7 Å². The summed E-state index contributed by atoms with van der Waals surface area (Å²) in [5, 5.41) is 0.0317. The Morgan fingerprint density at radius 2 is 1.70 bits per heavy atom. The molecule has 0 bridgehead atoms. The average molecular weight is 501 g/mol. The van der Waals surface area contributed by atoms with Gasteiger partial charge < -0.3 is 5.32 Å². The summed E-state index contributed by atoms with van der Waals surface area (Å²) in [7, 11) is 0. The number of aromatic nitrogens is 3. The van der Waals surface area contributed by atoms with E-state index in [0.29, 0.717) is 23.0 Å². The van der Waals surface area contributed by atoms with Gasteiger partial charge in [0.1, 0.15) is 16.5 Å². The minimum Gasteiger partial charge on any atom is -0.331 e. The van der Waals surface area contributed by atoms with Crippen molar-refractivity contribution in [2.45, 2.75) is 24.8 Å². The molecule has 15 heteroatoms. The second kappa shape index (κ2) is 7.93. The number of carbonyl (C=O) groups is 1. The van der Waals surface area contributed by atoms with Gasteiger partial charge in [-0.15, -0.1) is 0 Å². The normalized spacial score (nSPS) is 12.8. The van der Waals surface area contributed by atoms with Gasteiger partial charge in [0.15, 0.2) is 17.3 Å². The molecule has 0 aliphatic rings. The Bertz CT molecular complexity index is 1310. The standard InChI is InChI=1S/C18H9ClF8N4O2/c1-16(17(22,23)24,18(25,26)27)30-15(33)9-6-31(14-10(21)4-7(20)5-28-14)13-8(12(9)32)2-3-11(19)29-13/h2-6H,1H3,(H,30,33). The predicted octanol–water partition coefficient (Wildman–Crippen LogP) is 4.33. The number of nitrogens with one attached hydrogen (secondary N) is 1. The quantitative estimate of drug-likeness (QED) is 0.429. The second-order valence-corrected chi connectivity index (χ2v) is 7.17. The molecule has 0 aliphatic carbocycles. The fourth-order valence-electron chi connectivity index (χ4n) is 2.68. The molecule has 0 unspecified atom stereocenters. The third kappa shape index (κ3) is 4.21. The van der Waals surface area contributed by atoms with Crippen molar-refractivity contribution in [2.24, 2.45) is 0 Å². The van der Waals surface area contributed by atoms with Gasteiger partial charge in [-0.25, -0.2) is 18.7 Å². The maximum Gasteiger partial charge on any atom is 0.420 e. The van der Waals surface area contributed by atoms with E-state index in [-0.39, 0.29) is 12.1 Å². The highest BCUT2D eigenvalue weighted by Crippen LogP contribution is 2.42. The summed E-state index contributed by atoms with van der Waals surface area (Å²) < 4.78 is 107. The van der Waals surface area contributed by atoms with E-state index in [1.165, 1.54) is 0 Å². The van der Waals surface area contributed by atoms with Crippen LogP contribution in [0.5, 0.6) is 0 Å². The Kier molecular flexibility index (Phi) is 5.86. The van der Waals surface area contributed by atoms with Crippen molar-refractivity contribution in [3.63, 3.8) is 0 Å². The van der Waals surface area contributed by atoms with Crippen LogP contribution < -0.4 is 10.7 Å². The van der Waals surface area contributed by atoms with E-state index < -0.39 is 63.3 Å². The highest BCUT2D eigenvalue weighted by molar-refractivity contribution is 6.29. The lowest BCUT2D eigenvalue weighted by atomic mass is 10.00. The smallest absolute Gasteiger partial charge is 0.331 e. The van der Waals surface area contributed by atoms with Crippen LogP contribution in [0.15, 0.2) is 35.4 Å². The zero-order valence-corrected chi connectivity index (χ0v) is 16.7. The first kappa shape index (κ1) is 24.4. The van der Waals surface area contributed by atoms with Gasteiger partial charge in [0.25, 0.3) is 5.91 Å². The molecule has 0 spiro atoms. The number of pyridine rings is 3. The first-order chi connectivity index (χ1) is 15.1. The number of hydrogen-bond donors (Lipinski definition) is 1. The molecule has 0 atom stereocenters. The van der Waals surface area contributed by atoms with Crippen molar-refractivity contribution < 1.29 is 39.9 Å². The Labute approximate surface area is 182 Å². The molecule has 1 N–H and O–H groups in total. The van der Waals surface area contributed by atoms with Crippen LogP contribution >= 0.6 is 11.6 Å². The van der Waals surface area contributed by atoms with Gasteiger partial charge in [-0.2, -0.15) is 26.3 Å². The van der Waals surface area contributed by atoms with Gasteiger partial charge in [-0.1, -0.05) is 11.6 Å². The molecule has 0 radical (unpaired) electrons. The second-order valence-electron chi connectivity index (χ2n) is 6.78. The van der Waals surface area contributed by atoms with E-state index in [1.807, 2.05) is 0 Å². The number of fused-ring (bicyclic) bond motifs is 1. The van der Waals surface area contributed by atoms with E-state index >= 15 is 0 Å². The molecule has 0 aliphatic heterocycles. The minimum absolute atomic E-state index is 0.239. The van der Waals surface area contributed by atoms with Crippen molar-refractivity contribution >= 4 is 28.5 Å². The number of hydrogen-bond acceptors (Lipinski definition) is 4. The lowest BCUT2D eigenvalue weighted by Crippen LogP contribution is -2.65. The van der Waals surface area contributed by atoms with Crippen molar-refractivity contribution in [1.82, 2.24) is 19.9 Å². The van der Waals surface area contributed by atoms with Gasteiger partial charge in [-0.05, 0) is 19.1 Å². The molecule has 3 heterocycles. The van der Waals surface area contributed by atoms with Crippen molar-refractivity contribution in [2.75, 3.05) is 0 Å². The van der Waals surface area contributed by atoms with E-state index in [0.717, 1.165) is 17.4 Å². The van der Waals surface area contributed by atoms with Crippen LogP contribution in [-0.4, -0.2) is 38.3 Å². The fourth-order valence-corrected chi connectivity index (χ4v) is 2.83. The highest BCUT2D eigenvalue weighted by Gasteiger charge is 2.68. The van der Waals surface area contributed by atoms with Crippen molar-refractivity contribution in [1.29, 1.82) is 0 Å². The topological polar surface area (TPSA) is 76.9 Å². The molecule has 0 saturated heterocycles. The summed E-state index contributed by atoms with van der Waals surface area (Å²) in [5.41, 5.74) is -7.72. The SMILES string of the molecule is CC(NC(=O)c1cn(-c2ncc(F)cc2F)c2nc(Cl)ccc2c1=O)(C(F)(F)F)C(F)(F)F. The van der Waals surface area contributed by atoms with Crippen LogP contribution in [0.25, 0.3) is 16.9 Å². The van der Waals surface area contributed by atoms with E-state index in [2.05, 4.69) is 9.97 Å². The number of alkyl halides is 6. The van der Waals surface area contributed by atoms with E-state index in [4.69, 9.17) is 11.6 Å². The first-order valence-corrected chi connectivity index (χ1v) is 8.94. The molecule has 1 amide bonds. The Balaban J connectivity index is 2.28.